The molecule has 82 valence electrons. The summed E-state index contributed by atoms with van der Waals surface area (Å²) in [5.41, 5.74) is 0.757. The number of carbonyl (C=O) groups excluding carboxylic acids is 1. The minimum Gasteiger partial charge on any atom is -0.480 e. The quantitative estimate of drug-likeness (QED) is 0.634. The van der Waals surface area contributed by atoms with Crippen LogP contribution in [0.25, 0.3) is 0 Å². The summed E-state index contributed by atoms with van der Waals surface area (Å²) >= 11 is 0. The summed E-state index contributed by atoms with van der Waals surface area (Å²) in [5, 5.41) is 11.0. The van der Waals surface area contributed by atoms with Gasteiger partial charge in [-0.3, -0.25) is 4.79 Å². The maximum Gasteiger partial charge on any atom is 0.323 e. The van der Waals surface area contributed by atoms with Gasteiger partial charge in [0.15, 0.2) is 0 Å². The molecule has 3 N–H and O–H groups in total. The van der Waals surface area contributed by atoms with Gasteiger partial charge in [0.05, 0.1) is 18.6 Å². The average Bonchev–Trinajstić information content (AvgIpc) is 2.65. The van der Waals surface area contributed by atoms with Crippen molar-refractivity contribution in [1.29, 1.82) is 0 Å². The summed E-state index contributed by atoms with van der Waals surface area (Å²) in [5.74, 6) is -1.05. The SMILES string of the molecule is CN(CC(=O)O)C(=O)NCc1cnc[nH]1. The molecule has 1 aromatic heterocycles. The lowest BCUT2D eigenvalue weighted by molar-refractivity contribution is -0.137. The summed E-state index contributed by atoms with van der Waals surface area (Å²) in [6.45, 7) is -0.0302. The van der Waals surface area contributed by atoms with E-state index in [4.69, 9.17) is 5.11 Å². The second-order valence-corrected chi connectivity index (χ2v) is 2.99. The Hall–Kier alpha value is -2.05. The van der Waals surface area contributed by atoms with Crippen LogP contribution in [0.2, 0.25) is 0 Å². The first-order chi connectivity index (χ1) is 7.09. The van der Waals surface area contributed by atoms with E-state index in [0.717, 1.165) is 10.6 Å². The number of aliphatic carboxylic acids is 1. The minimum atomic E-state index is -1.05. The molecule has 7 heteroatoms. The summed E-state index contributed by atoms with van der Waals surface area (Å²) < 4.78 is 0. The van der Waals surface area contributed by atoms with Gasteiger partial charge in [-0.05, 0) is 0 Å². The standard InChI is InChI=1S/C8H12N4O3/c1-12(4-7(13)14)8(15)10-3-6-2-9-5-11-6/h2,5H,3-4H2,1H3,(H,9,11)(H,10,15)(H,13,14). The zero-order valence-electron chi connectivity index (χ0n) is 8.23. The van der Waals surface area contributed by atoms with Gasteiger partial charge in [0.1, 0.15) is 6.54 Å². The molecule has 0 atom stereocenters. The molecule has 1 aromatic rings. The Bertz CT molecular complexity index is 336. The average molecular weight is 212 g/mol. The van der Waals surface area contributed by atoms with Crippen molar-refractivity contribution in [2.45, 2.75) is 6.54 Å². The van der Waals surface area contributed by atoms with Gasteiger partial charge < -0.3 is 20.3 Å². The third-order valence-corrected chi connectivity index (χ3v) is 1.70. The van der Waals surface area contributed by atoms with E-state index in [1.165, 1.54) is 13.4 Å². The lowest BCUT2D eigenvalue weighted by Gasteiger charge is -2.14. The van der Waals surface area contributed by atoms with E-state index in [0.29, 0.717) is 6.54 Å². The highest BCUT2D eigenvalue weighted by atomic mass is 16.4. The van der Waals surface area contributed by atoms with Crippen LogP contribution >= 0.6 is 0 Å². The van der Waals surface area contributed by atoms with Gasteiger partial charge in [0.25, 0.3) is 0 Å². The van der Waals surface area contributed by atoms with Gasteiger partial charge in [0, 0.05) is 13.2 Å². The molecule has 1 rings (SSSR count). The topological polar surface area (TPSA) is 98.3 Å². The summed E-state index contributed by atoms with van der Waals surface area (Å²) in [7, 11) is 1.41. The smallest absolute Gasteiger partial charge is 0.323 e. The number of aromatic amines is 1. The number of nitrogens with zero attached hydrogens (tertiary/aromatic N) is 2. The van der Waals surface area contributed by atoms with Crippen molar-refractivity contribution in [2.75, 3.05) is 13.6 Å². The Kier molecular flexibility index (Phi) is 3.67. The Morgan fingerprint density at radius 2 is 2.40 bits per heavy atom. The van der Waals surface area contributed by atoms with E-state index >= 15 is 0 Å². The van der Waals surface area contributed by atoms with E-state index in [1.54, 1.807) is 6.20 Å². The molecule has 0 bridgehead atoms. The van der Waals surface area contributed by atoms with Crippen LogP contribution in [0, 0.1) is 0 Å². The summed E-state index contributed by atoms with van der Waals surface area (Å²) in [6.07, 6.45) is 3.08. The Labute approximate surface area is 86.1 Å². The normalized spacial score (nSPS) is 9.67. The number of carboxylic acids is 1. The molecular weight excluding hydrogens is 200 g/mol. The molecule has 1 heterocycles. The van der Waals surface area contributed by atoms with E-state index in [1.807, 2.05) is 0 Å². The molecule has 7 nitrogen and oxygen atoms in total. The van der Waals surface area contributed by atoms with Gasteiger partial charge in [-0.2, -0.15) is 0 Å². The fourth-order valence-corrected chi connectivity index (χ4v) is 0.962. The number of imidazole rings is 1. The van der Waals surface area contributed by atoms with Crippen LogP contribution in [0.5, 0.6) is 0 Å². The number of likely N-dealkylation sites (N-methyl/N-ethyl adjacent to an activating group) is 1. The largest absolute Gasteiger partial charge is 0.480 e. The van der Waals surface area contributed by atoms with E-state index in [9.17, 15) is 9.59 Å². The highest BCUT2D eigenvalue weighted by Crippen LogP contribution is 1.91. The first kappa shape index (κ1) is 11.0. The number of hydrogen-bond acceptors (Lipinski definition) is 3. The zero-order valence-corrected chi connectivity index (χ0v) is 8.23. The number of nitrogens with one attached hydrogen (secondary N) is 2. The monoisotopic (exact) mass is 212 g/mol. The van der Waals surface area contributed by atoms with Crippen LogP contribution < -0.4 is 5.32 Å². The summed E-state index contributed by atoms with van der Waals surface area (Å²) in [4.78, 5) is 29.3. The first-order valence-electron chi connectivity index (χ1n) is 4.27. The lowest BCUT2D eigenvalue weighted by Crippen LogP contribution is -2.39. The Morgan fingerprint density at radius 3 is 2.93 bits per heavy atom. The van der Waals surface area contributed by atoms with Crippen LogP contribution in [-0.2, 0) is 11.3 Å². The number of carboxylic acid groups (broad SMARTS) is 1. The van der Waals surface area contributed by atoms with Crippen molar-refractivity contribution >= 4 is 12.0 Å². The second kappa shape index (κ2) is 4.99. The Morgan fingerprint density at radius 1 is 1.67 bits per heavy atom. The maximum absolute atomic E-state index is 11.3. The van der Waals surface area contributed by atoms with Crippen molar-refractivity contribution in [2.24, 2.45) is 0 Å². The molecular formula is C8H12N4O3. The molecule has 0 spiro atoms. The highest BCUT2D eigenvalue weighted by molar-refractivity contribution is 5.79. The molecule has 0 saturated carbocycles. The molecule has 0 fully saturated rings. The number of amides is 2. The molecule has 2 amide bonds. The van der Waals surface area contributed by atoms with Crippen LogP contribution in [0.15, 0.2) is 12.5 Å². The van der Waals surface area contributed by atoms with Crippen LogP contribution in [0.1, 0.15) is 5.69 Å². The number of rotatable bonds is 4. The molecule has 0 aliphatic carbocycles. The lowest BCUT2D eigenvalue weighted by atomic mass is 10.5. The van der Waals surface area contributed by atoms with Gasteiger partial charge >= 0.3 is 12.0 Å². The fourth-order valence-electron chi connectivity index (χ4n) is 0.962. The number of carbonyl (C=O) groups is 2. The molecule has 0 radical (unpaired) electrons. The molecule has 0 saturated heterocycles. The maximum atomic E-state index is 11.3. The van der Waals surface area contributed by atoms with E-state index in [-0.39, 0.29) is 6.54 Å². The predicted molar refractivity (Wildman–Crippen MR) is 51.1 cm³/mol. The number of aromatic nitrogens is 2. The van der Waals surface area contributed by atoms with Crippen molar-refractivity contribution in [1.82, 2.24) is 20.2 Å². The van der Waals surface area contributed by atoms with Crippen LogP contribution in [-0.4, -0.2) is 45.6 Å². The first-order valence-corrected chi connectivity index (χ1v) is 4.27. The summed E-state index contributed by atoms with van der Waals surface area (Å²) in [6, 6.07) is -0.438. The van der Waals surface area contributed by atoms with Gasteiger partial charge in [0.2, 0.25) is 0 Å². The Balaban J connectivity index is 2.32. The molecule has 0 aromatic carbocycles. The highest BCUT2D eigenvalue weighted by Gasteiger charge is 2.11. The number of H-pyrrole nitrogens is 1. The van der Waals surface area contributed by atoms with Crippen molar-refractivity contribution < 1.29 is 14.7 Å². The molecule has 0 aliphatic heterocycles. The van der Waals surface area contributed by atoms with Crippen LogP contribution in [0.3, 0.4) is 0 Å². The van der Waals surface area contributed by atoms with Crippen molar-refractivity contribution in [3.63, 3.8) is 0 Å². The number of hydrogen-bond donors (Lipinski definition) is 3. The molecule has 0 unspecified atom stereocenters. The van der Waals surface area contributed by atoms with Crippen LogP contribution in [0.4, 0.5) is 4.79 Å². The van der Waals surface area contributed by atoms with E-state index in [2.05, 4.69) is 15.3 Å². The third kappa shape index (κ3) is 3.67. The van der Waals surface area contributed by atoms with Gasteiger partial charge in [-0.1, -0.05) is 0 Å². The zero-order chi connectivity index (χ0) is 11.3. The predicted octanol–water partition coefficient (Wildman–Crippen LogP) is -0.364. The second-order valence-electron chi connectivity index (χ2n) is 2.99. The van der Waals surface area contributed by atoms with Gasteiger partial charge in [-0.25, -0.2) is 9.78 Å². The molecule has 0 aliphatic rings. The van der Waals surface area contributed by atoms with Gasteiger partial charge in [-0.15, -0.1) is 0 Å². The van der Waals surface area contributed by atoms with Crippen molar-refractivity contribution in [3.05, 3.63) is 18.2 Å². The molecule has 15 heavy (non-hydrogen) atoms. The number of urea groups is 1. The fraction of sp³-hybridized carbons (Fsp3) is 0.375. The third-order valence-electron chi connectivity index (χ3n) is 1.70. The minimum absolute atomic E-state index is 0.294. The van der Waals surface area contributed by atoms with E-state index < -0.39 is 12.0 Å². The van der Waals surface area contributed by atoms with Crippen molar-refractivity contribution in [3.8, 4) is 0 Å².